The van der Waals surface area contributed by atoms with Crippen LogP contribution in [0.25, 0.3) is 22.3 Å². The van der Waals surface area contributed by atoms with Crippen molar-refractivity contribution in [1.82, 2.24) is 20.2 Å². The highest BCUT2D eigenvalue weighted by atomic mass is 19.4. The Morgan fingerprint density at radius 1 is 1.10 bits per heavy atom. The number of nitrogens with one attached hydrogen (secondary N) is 1. The molecule has 3 aromatic heterocycles. The summed E-state index contributed by atoms with van der Waals surface area (Å²) < 4.78 is 38.8. The van der Waals surface area contributed by atoms with Crippen molar-refractivity contribution in [2.24, 2.45) is 0 Å². The zero-order chi connectivity index (χ0) is 21.5. The molecule has 0 bridgehead atoms. The second-order valence-corrected chi connectivity index (χ2v) is 7.07. The van der Waals surface area contributed by atoms with Crippen LogP contribution in [-0.2, 0) is 12.6 Å². The molecule has 0 spiro atoms. The van der Waals surface area contributed by atoms with E-state index >= 15 is 0 Å². The number of benzene rings is 1. The van der Waals surface area contributed by atoms with Gasteiger partial charge < -0.3 is 0 Å². The van der Waals surface area contributed by atoms with Gasteiger partial charge in [-0.1, -0.05) is 12.1 Å². The van der Waals surface area contributed by atoms with Gasteiger partial charge in [0.25, 0.3) is 0 Å². The first-order valence-electron chi connectivity index (χ1n) is 9.20. The quantitative estimate of drug-likeness (QED) is 0.476. The molecule has 0 aliphatic rings. The monoisotopic (exact) mass is 410 g/mol. The first-order chi connectivity index (χ1) is 14.2. The third-order valence-corrected chi connectivity index (χ3v) is 4.90. The lowest BCUT2D eigenvalue weighted by Crippen LogP contribution is -2.09. The molecule has 0 atom stereocenters. The summed E-state index contributed by atoms with van der Waals surface area (Å²) in [6, 6.07) is 10.0. The minimum atomic E-state index is -4.50. The van der Waals surface area contributed by atoms with Crippen LogP contribution >= 0.6 is 0 Å². The first kappa shape index (κ1) is 19.8. The lowest BCUT2D eigenvalue weighted by Gasteiger charge is -2.10. The molecule has 0 unspecified atom stereocenters. The number of aromatic amines is 1. The largest absolute Gasteiger partial charge is 0.416 e. The van der Waals surface area contributed by atoms with E-state index in [1.807, 2.05) is 26.0 Å². The fourth-order valence-electron chi connectivity index (χ4n) is 3.26. The van der Waals surface area contributed by atoms with E-state index in [1.165, 1.54) is 12.1 Å². The number of nitrogens with zero attached hydrogens (tertiary/aromatic N) is 3. The number of carbonyl (C=O) groups is 1. The van der Waals surface area contributed by atoms with E-state index in [0.29, 0.717) is 16.9 Å². The number of alkyl halides is 3. The highest BCUT2D eigenvalue weighted by molar-refractivity contribution is 5.97. The summed E-state index contributed by atoms with van der Waals surface area (Å²) in [5.41, 5.74) is 3.39. The maximum absolute atomic E-state index is 12.9. The van der Waals surface area contributed by atoms with Crippen LogP contribution in [-0.4, -0.2) is 25.9 Å². The molecule has 4 rings (SSSR count). The molecule has 0 amide bonds. The topological polar surface area (TPSA) is 71.5 Å². The predicted molar refractivity (Wildman–Crippen MR) is 106 cm³/mol. The summed E-state index contributed by atoms with van der Waals surface area (Å²) in [4.78, 5) is 21.5. The van der Waals surface area contributed by atoms with Gasteiger partial charge in [0.05, 0.1) is 11.3 Å². The zero-order valence-electron chi connectivity index (χ0n) is 16.2. The minimum Gasteiger partial charge on any atom is -0.294 e. The molecule has 152 valence electrons. The molecular formula is C22H17F3N4O. The number of carbonyl (C=O) groups excluding carboxylic acids is 1. The van der Waals surface area contributed by atoms with Crippen molar-refractivity contribution in [3.8, 4) is 11.3 Å². The fraction of sp³-hybridized carbons (Fsp3) is 0.182. The third-order valence-electron chi connectivity index (χ3n) is 4.90. The number of H-pyrrole nitrogens is 1. The van der Waals surface area contributed by atoms with Crippen molar-refractivity contribution in [2.75, 3.05) is 0 Å². The SMILES string of the molecule is Cc1ncc(CC(=O)c2cccc(C(F)(F)F)c2)cc1-c1ccc2c(C)[nH]nc2n1. The molecule has 0 radical (unpaired) electrons. The van der Waals surface area contributed by atoms with Crippen LogP contribution in [0.1, 0.15) is 32.9 Å². The van der Waals surface area contributed by atoms with Gasteiger partial charge in [0, 0.05) is 40.5 Å². The number of hydrogen-bond donors (Lipinski definition) is 1. The van der Waals surface area contributed by atoms with E-state index in [0.717, 1.165) is 34.5 Å². The number of pyridine rings is 2. The van der Waals surface area contributed by atoms with Gasteiger partial charge in [-0.3, -0.25) is 14.9 Å². The number of aromatic nitrogens is 4. The van der Waals surface area contributed by atoms with Gasteiger partial charge in [-0.2, -0.15) is 18.3 Å². The Morgan fingerprint density at radius 3 is 2.67 bits per heavy atom. The van der Waals surface area contributed by atoms with E-state index in [1.54, 1.807) is 12.3 Å². The van der Waals surface area contributed by atoms with E-state index in [-0.39, 0.29) is 12.0 Å². The molecule has 3 heterocycles. The predicted octanol–water partition coefficient (Wildman–Crippen LogP) is 5.08. The average molecular weight is 410 g/mol. The summed E-state index contributed by atoms with van der Waals surface area (Å²) in [7, 11) is 0. The van der Waals surface area contributed by atoms with Crippen molar-refractivity contribution in [3.05, 3.63) is 76.7 Å². The average Bonchev–Trinajstić information content (AvgIpc) is 3.09. The molecule has 8 heteroatoms. The molecule has 0 saturated carbocycles. The Balaban J connectivity index is 1.64. The van der Waals surface area contributed by atoms with Crippen molar-refractivity contribution in [1.29, 1.82) is 0 Å². The van der Waals surface area contributed by atoms with E-state index in [2.05, 4.69) is 20.2 Å². The van der Waals surface area contributed by atoms with Gasteiger partial charge in [0.15, 0.2) is 11.4 Å². The van der Waals surface area contributed by atoms with Crippen molar-refractivity contribution in [3.63, 3.8) is 0 Å². The number of Topliss-reactive ketones (excluding diaryl/α,β-unsaturated/α-hetero) is 1. The summed E-state index contributed by atoms with van der Waals surface area (Å²) in [5.74, 6) is -0.413. The van der Waals surface area contributed by atoms with Crippen LogP contribution in [0, 0.1) is 13.8 Å². The van der Waals surface area contributed by atoms with Crippen LogP contribution in [0.15, 0.2) is 48.7 Å². The lowest BCUT2D eigenvalue weighted by molar-refractivity contribution is -0.137. The fourth-order valence-corrected chi connectivity index (χ4v) is 3.26. The van der Waals surface area contributed by atoms with Crippen LogP contribution in [0.3, 0.4) is 0 Å². The minimum absolute atomic E-state index is 0.0125. The summed E-state index contributed by atoms with van der Waals surface area (Å²) >= 11 is 0. The number of fused-ring (bicyclic) bond motifs is 1. The Kier molecular flexibility index (Phi) is 4.85. The third kappa shape index (κ3) is 3.80. The molecule has 0 saturated heterocycles. The molecule has 0 aliphatic heterocycles. The van der Waals surface area contributed by atoms with Gasteiger partial charge >= 0.3 is 6.18 Å². The Hall–Kier alpha value is -3.55. The maximum Gasteiger partial charge on any atom is 0.416 e. The Morgan fingerprint density at radius 2 is 1.90 bits per heavy atom. The number of hydrogen-bond acceptors (Lipinski definition) is 4. The lowest BCUT2D eigenvalue weighted by atomic mass is 9.99. The summed E-state index contributed by atoms with van der Waals surface area (Å²) in [6.45, 7) is 3.74. The molecular weight excluding hydrogens is 393 g/mol. The number of rotatable bonds is 4. The van der Waals surface area contributed by atoms with E-state index < -0.39 is 17.5 Å². The molecule has 5 nitrogen and oxygen atoms in total. The first-order valence-corrected chi connectivity index (χ1v) is 9.20. The van der Waals surface area contributed by atoms with Gasteiger partial charge in [-0.25, -0.2) is 4.98 Å². The maximum atomic E-state index is 12.9. The Labute approximate surface area is 170 Å². The smallest absolute Gasteiger partial charge is 0.294 e. The molecule has 1 N–H and O–H groups in total. The normalized spacial score (nSPS) is 11.8. The molecule has 4 aromatic rings. The zero-order valence-corrected chi connectivity index (χ0v) is 16.2. The standard InChI is InChI=1S/C22H17F3N4O/c1-12-18(19-7-6-17-13(2)28-29-21(17)27-19)8-14(11-26-12)9-20(30)15-4-3-5-16(10-15)22(23,24)25/h3-8,10-11H,9H2,1-2H3,(H,27,28,29). The molecule has 0 fully saturated rings. The Bertz CT molecular complexity index is 1260. The van der Waals surface area contributed by atoms with Crippen molar-refractivity contribution >= 4 is 16.8 Å². The summed E-state index contributed by atoms with van der Waals surface area (Å²) in [5, 5.41) is 7.97. The van der Waals surface area contributed by atoms with Gasteiger partial charge in [-0.05, 0) is 49.7 Å². The highest BCUT2D eigenvalue weighted by Crippen LogP contribution is 2.30. The molecule has 30 heavy (non-hydrogen) atoms. The van der Waals surface area contributed by atoms with Crippen LogP contribution in [0.4, 0.5) is 13.2 Å². The van der Waals surface area contributed by atoms with Gasteiger partial charge in [0.1, 0.15) is 0 Å². The van der Waals surface area contributed by atoms with Crippen LogP contribution in [0.5, 0.6) is 0 Å². The number of halogens is 3. The second kappa shape index (κ2) is 7.37. The summed E-state index contributed by atoms with van der Waals surface area (Å²) in [6.07, 6.45) is -3.00. The van der Waals surface area contributed by atoms with Crippen molar-refractivity contribution in [2.45, 2.75) is 26.4 Å². The van der Waals surface area contributed by atoms with Crippen molar-refractivity contribution < 1.29 is 18.0 Å². The molecule has 1 aromatic carbocycles. The second-order valence-electron chi connectivity index (χ2n) is 7.07. The number of ketones is 1. The van der Waals surface area contributed by atoms with Crippen LogP contribution < -0.4 is 0 Å². The highest BCUT2D eigenvalue weighted by Gasteiger charge is 2.30. The molecule has 0 aliphatic carbocycles. The van der Waals surface area contributed by atoms with Crippen LogP contribution in [0.2, 0.25) is 0 Å². The van der Waals surface area contributed by atoms with Gasteiger partial charge in [0.2, 0.25) is 0 Å². The van der Waals surface area contributed by atoms with E-state index in [9.17, 15) is 18.0 Å². The van der Waals surface area contributed by atoms with Gasteiger partial charge in [-0.15, -0.1) is 0 Å². The number of aryl methyl sites for hydroxylation is 2. The van der Waals surface area contributed by atoms with E-state index in [4.69, 9.17) is 0 Å².